The molecule has 0 saturated heterocycles. The summed E-state index contributed by atoms with van der Waals surface area (Å²) < 4.78 is 82.6. The molecule has 1 aliphatic carbocycles. The van der Waals surface area contributed by atoms with Crippen molar-refractivity contribution in [2.75, 3.05) is 6.61 Å². The summed E-state index contributed by atoms with van der Waals surface area (Å²) in [5.41, 5.74) is 0. The first-order valence-electron chi connectivity index (χ1n) is 6.54. The fourth-order valence-corrected chi connectivity index (χ4v) is 3.83. The van der Waals surface area contributed by atoms with Crippen molar-refractivity contribution in [3.05, 3.63) is 23.5 Å². The summed E-state index contributed by atoms with van der Waals surface area (Å²) in [5.74, 6) is -11.8. The van der Waals surface area contributed by atoms with Gasteiger partial charge in [-0.25, -0.2) is 4.99 Å². The molecule has 2 atom stereocenters. The molecule has 22 heavy (non-hydrogen) atoms. The Morgan fingerprint density at radius 3 is 2.23 bits per heavy atom. The molecule has 0 fully saturated rings. The summed E-state index contributed by atoms with van der Waals surface area (Å²) in [6.07, 6.45) is 3.34. The summed E-state index contributed by atoms with van der Waals surface area (Å²) >= 11 is 0. The molecule has 9 heteroatoms. The van der Waals surface area contributed by atoms with Crippen LogP contribution in [0.5, 0.6) is 0 Å². The summed E-state index contributed by atoms with van der Waals surface area (Å²) in [5, 5.41) is -0.724. The molecule has 0 aromatic heterocycles. The van der Waals surface area contributed by atoms with Crippen LogP contribution in [0.1, 0.15) is 13.8 Å². The lowest BCUT2D eigenvalue weighted by molar-refractivity contribution is -0.0821. The minimum Gasteiger partial charge on any atom is -0.478 e. The van der Waals surface area contributed by atoms with E-state index in [4.69, 9.17) is 4.74 Å². The van der Waals surface area contributed by atoms with Crippen LogP contribution in [0.2, 0.25) is 0 Å². The van der Waals surface area contributed by atoms with Gasteiger partial charge >= 0.3 is 11.8 Å². The van der Waals surface area contributed by atoms with Crippen LogP contribution in [0.3, 0.4) is 0 Å². The average Bonchev–Trinajstić information content (AvgIpc) is 2.91. The third-order valence-electron chi connectivity index (χ3n) is 3.39. The predicted octanol–water partition coefficient (Wildman–Crippen LogP) is 5.03. The predicted molar refractivity (Wildman–Crippen MR) is 71.8 cm³/mol. The first-order chi connectivity index (χ1) is 10.0. The largest absolute Gasteiger partial charge is 0.478 e. The van der Waals surface area contributed by atoms with Crippen molar-refractivity contribution in [2.24, 2.45) is 16.8 Å². The number of halogens is 6. The number of nitrogens with zero attached hydrogens (tertiary/aromatic N) is 1. The van der Waals surface area contributed by atoms with Crippen molar-refractivity contribution in [3.8, 4) is 0 Å². The fourth-order valence-electron chi connectivity index (χ4n) is 2.25. The minimum absolute atomic E-state index is 0.0558. The maximum Gasteiger partial charge on any atom is 0.417 e. The van der Waals surface area contributed by atoms with E-state index >= 15 is 0 Å². The van der Waals surface area contributed by atoms with E-state index in [-0.39, 0.29) is 24.5 Å². The molecule has 0 amide bonds. The van der Waals surface area contributed by atoms with Crippen LogP contribution >= 0.6 is 7.92 Å². The molecule has 0 radical (unpaired) electrons. The number of hydrogen-bond donors (Lipinski definition) is 0. The Bertz CT molecular complexity index is 506. The van der Waals surface area contributed by atoms with Gasteiger partial charge in [-0.2, -0.15) is 26.3 Å². The summed E-state index contributed by atoms with van der Waals surface area (Å²) in [6, 6.07) is -0.242. The van der Waals surface area contributed by atoms with Crippen molar-refractivity contribution in [1.29, 1.82) is 0 Å². The fraction of sp³-hybridized carbons (Fsp3) is 0.615. The Balaban J connectivity index is 2.30. The summed E-state index contributed by atoms with van der Waals surface area (Å²) in [4.78, 5) is 4.14. The highest BCUT2D eigenvalue weighted by molar-refractivity contribution is 7.64. The van der Waals surface area contributed by atoms with Crippen LogP contribution < -0.4 is 0 Å². The topological polar surface area (TPSA) is 21.6 Å². The Hall–Kier alpha value is -1.04. The molecule has 2 aliphatic rings. The number of aliphatic imine (C=N–C) groups is 1. The molecule has 0 N–H and O–H groups in total. The summed E-state index contributed by atoms with van der Waals surface area (Å²) in [7, 11) is -4.29. The van der Waals surface area contributed by atoms with Gasteiger partial charge in [0.1, 0.15) is 14.5 Å². The molecule has 2 nitrogen and oxygen atoms in total. The van der Waals surface area contributed by atoms with E-state index in [9.17, 15) is 26.3 Å². The number of ether oxygens (including phenoxy) is 1. The Kier molecular flexibility index (Phi) is 4.62. The van der Waals surface area contributed by atoms with Gasteiger partial charge in [0.25, 0.3) is 0 Å². The van der Waals surface area contributed by atoms with Gasteiger partial charge in [-0.05, 0) is 11.2 Å². The number of alkyl halides is 6. The van der Waals surface area contributed by atoms with E-state index in [1.807, 2.05) is 13.8 Å². The highest BCUT2D eigenvalue weighted by atomic mass is 31.1. The summed E-state index contributed by atoms with van der Waals surface area (Å²) in [6.45, 7) is 3.90. The van der Waals surface area contributed by atoms with Gasteiger partial charge < -0.3 is 4.74 Å². The molecule has 0 spiro atoms. The van der Waals surface area contributed by atoms with Crippen molar-refractivity contribution < 1.29 is 31.1 Å². The zero-order valence-electron chi connectivity index (χ0n) is 11.7. The Morgan fingerprint density at radius 2 is 1.77 bits per heavy atom. The third kappa shape index (κ3) is 3.47. The van der Waals surface area contributed by atoms with Gasteiger partial charge in [0, 0.05) is 0 Å². The maximum atomic E-state index is 12.9. The second kappa shape index (κ2) is 5.87. The number of hydrogen-bond acceptors (Lipinski definition) is 2. The molecule has 1 aliphatic heterocycles. The first-order valence-corrected chi connectivity index (χ1v) is 7.88. The van der Waals surface area contributed by atoms with Gasteiger partial charge in [0.2, 0.25) is 0 Å². The molecular weight excluding hydrogens is 331 g/mol. The molecule has 0 aromatic carbocycles. The van der Waals surface area contributed by atoms with Crippen LogP contribution in [-0.4, -0.2) is 30.4 Å². The zero-order valence-corrected chi connectivity index (χ0v) is 12.6. The van der Waals surface area contributed by atoms with Gasteiger partial charge in [0.05, 0.1) is 12.0 Å². The molecule has 0 saturated carbocycles. The molecule has 2 rings (SSSR count). The SMILES string of the molecule is CC(C)[C@H]1COC(C2C=CC=C2P(C(F)(F)F)C(F)(F)F)=N1. The smallest absolute Gasteiger partial charge is 0.417 e. The molecular formula is C13H14F6NOP. The van der Waals surface area contributed by atoms with Crippen LogP contribution in [0.15, 0.2) is 28.5 Å². The van der Waals surface area contributed by atoms with Gasteiger partial charge in [-0.3, -0.25) is 0 Å². The Labute approximate surface area is 124 Å². The van der Waals surface area contributed by atoms with E-state index in [0.29, 0.717) is 0 Å². The van der Waals surface area contributed by atoms with Crippen LogP contribution in [0, 0.1) is 11.8 Å². The zero-order chi connectivity index (χ0) is 16.7. The molecule has 1 unspecified atom stereocenters. The van der Waals surface area contributed by atoms with E-state index in [0.717, 1.165) is 6.08 Å². The highest BCUT2D eigenvalue weighted by Gasteiger charge is 2.60. The van der Waals surface area contributed by atoms with Gasteiger partial charge in [-0.15, -0.1) is 0 Å². The lowest BCUT2D eigenvalue weighted by Crippen LogP contribution is -2.24. The molecule has 1 heterocycles. The number of rotatable bonds is 3. The molecule has 0 bridgehead atoms. The lowest BCUT2D eigenvalue weighted by atomic mass is 10.1. The van der Waals surface area contributed by atoms with Crippen molar-refractivity contribution in [1.82, 2.24) is 0 Å². The van der Waals surface area contributed by atoms with E-state index < -0.39 is 31.0 Å². The van der Waals surface area contributed by atoms with Crippen molar-refractivity contribution in [3.63, 3.8) is 0 Å². The quantitative estimate of drug-likeness (QED) is 0.519. The van der Waals surface area contributed by atoms with Crippen LogP contribution in [0.4, 0.5) is 26.3 Å². The van der Waals surface area contributed by atoms with Crippen molar-refractivity contribution >= 4 is 13.8 Å². The standard InChI is InChI=1S/C13H14F6NOP/c1-7(2)9-6-21-11(20-9)8-4-3-5-10(8)22(12(14,15)16)13(17,18)19/h3-5,7-9H,6H2,1-2H3/t8?,9-/m1/s1. The number of allylic oxidation sites excluding steroid dienone is 2. The van der Waals surface area contributed by atoms with Gasteiger partial charge in [-0.1, -0.05) is 32.1 Å². The maximum absolute atomic E-state index is 12.9. The first kappa shape index (κ1) is 17.3. The monoisotopic (exact) mass is 345 g/mol. The highest BCUT2D eigenvalue weighted by Crippen LogP contribution is 2.71. The molecule has 124 valence electrons. The van der Waals surface area contributed by atoms with E-state index in [1.165, 1.54) is 12.2 Å². The lowest BCUT2D eigenvalue weighted by Gasteiger charge is -2.27. The average molecular weight is 345 g/mol. The minimum atomic E-state index is -5.35. The van der Waals surface area contributed by atoms with Crippen LogP contribution in [-0.2, 0) is 4.74 Å². The second-order valence-electron chi connectivity index (χ2n) is 5.31. The third-order valence-corrected chi connectivity index (χ3v) is 5.34. The van der Waals surface area contributed by atoms with Crippen molar-refractivity contribution in [2.45, 2.75) is 31.7 Å². The molecule has 0 aromatic rings. The van der Waals surface area contributed by atoms with Gasteiger partial charge in [0.15, 0.2) is 5.90 Å². The van der Waals surface area contributed by atoms with E-state index in [2.05, 4.69) is 4.99 Å². The second-order valence-corrected chi connectivity index (χ2v) is 7.52. The van der Waals surface area contributed by atoms with Crippen LogP contribution in [0.25, 0.3) is 0 Å². The normalized spacial score (nSPS) is 25.7. The Morgan fingerprint density at radius 1 is 1.18 bits per heavy atom. The van der Waals surface area contributed by atoms with E-state index in [1.54, 1.807) is 0 Å².